The average Bonchev–Trinajstić information content (AvgIpc) is 2.54. The summed E-state index contributed by atoms with van der Waals surface area (Å²) in [5.74, 6) is 0.872. The Labute approximate surface area is 129 Å². The number of rotatable bonds is 5. The van der Waals surface area contributed by atoms with E-state index < -0.39 is 10.0 Å². The van der Waals surface area contributed by atoms with E-state index in [1.54, 1.807) is 12.1 Å². The van der Waals surface area contributed by atoms with E-state index in [-0.39, 0.29) is 10.6 Å². The summed E-state index contributed by atoms with van der Waals surface area (Å²) in [6.45, 7) is 0. The van der Waals surface area contributed by atoms with Crippen molar-refractivity contribution in [2.24, 2.45) is 0 Å². The summed E-state index contributed by atoms with van der Waals surface area (Å²) in [5.41, 5.74) is 0.657. The Morgan fingerprint density at radius 2 is 1.73 bits per heavy atom. The van der Waals surface area contributed by atoms with E-state index in [1.165, 1.54) is 44.6 Å². The van der Waals surface area contributed by atoms with Crippen molar-refractivity contribution < 1.29 is 17.9 Å². The molecule has 22 heavy (non-hydrogen) atoms. The summed E-state index contributed by atoms with van der Waals surface area (Å²) in [4.78, 5) is 0.0522. The second kappa shape index (κ2) is 6.37. The number of hydrogen-bond acceptors (Lipinski definition) is 5. The number of nitriles is 1. The monoisotopic (exact) mass is 318 g/mol. The standard InChI is InChI=1S/C15H14N2O4S/c1-20-12-5-8-15(21-2)14(9-12)17-22(18,19)13-6-3-11(10-16)4-7-13/h3-9,17H,1-2H3. The maximum atomic E-state index is 12.4. The number of benzene rings is 2. The zero-order valence-corrected chi connectivity index (χ0v) is 12.8. The van der Waals surface area contributed by atoms with Crippen LogP contribution in [-0.4, -0.2) is 22.6 Å². The van der Waals surface area contributed by atoms with Crippen molar-refractivity contribution in [3.63, 3.8) is 0 Å². The van der Waals surface area contributed by atoms with Gasteiger partial charge in [-0.1, -0.05) is 0 Å². The summed E-state index contributed by atoms with van der Waals surface area (Å²) in [6.07, 6.45) is 0. The highest BCUT2D eigenvalue weighted by atomic mass is 32.2. The molecule has 0 saturated carbocycles. The molecule has 0 saturated heterocycles. The first-order valence-electron chi connectivity index (χ1n) is 6.25. The van der Waals surface area contributed by atoms with Crippen LogP contribution in [0.4, 0.5) is 5.69 Å². The van der Waals surface area contributed by atoms with E-state index in [2.05, 4.69) is 4.72 Å². The predicted octanol–water partition coefficient (Wildman–Crippen LogP) is 2.38. The van der Waals surface area contributed by atoms with E-state index in [0.717, 1.165) is 0 Å². The summed E-state index contributed by atoms with van der Waals surface area (Å²) < 4.78 is 37.4. The maximum Gasteiger partial charge on any atom is 0.262 e. The van der Waals surface area contributed by atoms with Crippen LogP contribution in [0.25, 0.3) is 0 Å². The molecule has 114 valence electrons. The quantitative estimate of drug-likeness (QED) is 0.914. The zero-order chi connectivity index (χ0) is 16.2. The van der Waals surface area contributed by atoms with Gasteiger partial charge >= 0.3 is 0 Å². The molecule has 0 radical (unpaired) electrons. The largest absolute Gasteiger partial charge is 0.497 e. The SMILES string of the molecule is COc1ccc(OC)c(NS(=O)(=O)c2ccc(C#N)cc2)c1. The third kappa shape index (κ3) is 3.30. The molecule has 0 amide bonds. The van der Waals surface area contributed by atoms with Crippen LogP contribution in [0.15, 0.2) is 47.4 Å². The number of sulfonamides is 1. The number of ether oxygens (including phenoxy) is 2. The van der Waals surface area contributed by atoms with Crippen LogP contribution in [0, 0.1) is 11.3 Å². The molecule has 0 heterocycles. The lowest BCUT2D eigenvalue weighted by Gasteiger charge is -2.13. The van der Waals surface area contributed by atoms with Crippen molar-refractivity contribution in [2.75, 3.05) is 18.9 Å². The molecule has 0 bridgehead atoms. The summed E-state index contributed by atoms with van der Waals surface area (Å²) >= 11 is 0. The molecule has 0 aliphatic heterocycles. The highest BCUT2D eigenvalue weighted by Crippen LogP contribution is 2.30. The fourth-order valence-electron chi connectivity index (χ4n) is 1.81. The first-order chi connectivity index (χ1) is 10.5. The van der Waals surface area contributed by atoms with Gasteiger partial charge in [0.1, 0.15) is 11.5 Å². The first-order valence-corrected chi connectivity index (χ1v) is 7.73. The maximum absolute atomic E-state index is 12.4. The Morgan fingerprint density at radius 3 is 2.27 bits per heavy atom. The molecule has 0 spiro atoms. The molecule has 0 aliphatic carbocycles. The highest BCUT2D eigenvalue weighted by Gasteiger charge is 2.17. The Balaban J connectivity index is 2.37. The summed E-state index contributed by atoms with van der Waals surface area (Å²) in [5, 5.41) is 8.75. The Bertz CT molecular complexity index is 808. The fraction of sp³-hybridized carbons (Fsp3) is 0.133. The van der Waals surface area contributed by atoms with Gasteiger partial charge in [0.25, 0.3) is 10.0 Å². The number of nitrogens with zero attached hydrogens (tertiary/aromatic N) is 1. The van der Waals surface area contributed by atoms with Crippen molar-refractivity contribution in [1.29, 1.82) is 5.26 Å². The minimum Gasteiger partial charge on any atom is -0.497 e. The van der Waals surface area contributed by atoms with Crippen LogP contribution < -0.4 is 14.2 Å². The predicted molar refractivity (Wildman–Crippen MR) is 81.5 cm³/mol. The van der Waals surface area contributed by atoms with Crippen molar-refractivity contribution in [3.05, 3.63) is 48.0 Å². The van der Waals surface area contributed by atoms with Crippen molar-refractivity contribution in [2.45, 2.75) is 4.90 Å². The van der Waals surface area contributed by atoms with Crippen LogP contribution in [0.5, 0.6) is 11.5 Å². The lowest BCUT2D eigenvalue weighted by molar-refractivity contribution is 0.405. The van der Waals surface area contributed by atoms with Crippen LogP contribution >= 0.6 is 0 Å². The summed E-state index contributed by atoms with van der Waals surface area (Å²) in [7, 11) is -0.858. The minimum atomic E-state index is -3.79. The molecular formula is C15H14N2O4S. The molecule has 2 aromatic rings. The van der Waals surface area contributed by atoms with Gasteiger partial charge in [-0.15, -0.1) is 0 Å². The molecule has 0 aromatic heterocycles. The molecule has 0 fully saturated rings. The van der Waals surface area contributed by atoms with E-state index in [4.69, 9.17) is 14.7 Å². The lowest BCUT2D eigenvalue weighted by atomic mass is 10.2. The van der Waals surface area contributed by atoms with Gasteiger partial charge in [0.2, 0.25) is 0 Å². The van der Waals surface area contributed by atoms with Gasteiger partial charge < -0.3 is 9.47 Å². The van der Waals surface area contributed by atoms with Gasteiger partial charge in [-0.05, 0) is 36.4 Å². The van der Waals surface area contributed by atoms with Crippen LogP contribution in [0.3, 0.4) is 0 Å². The fourth-order valence-corrected chi connectivity index (χ4v) is 2.87. The number of hydrogen-bond donors (Lipinski definition) is 1. The smallest absolute Gasteiger partial charge is 0.262 e. The van der Waals surface area contributed by atoms with Crippen molar-refractivity contribution >= 4 is 15.7 Å². The van der Waals surface area contributed by atoms with Gasteiger partial charge in [0.05, 0.1) is 36.4 Å². The summed E-state index contributed by atoms with van der Waals surface area (Å²) in [6, 6.07) is 12.4. The van der Waals surface area contributed by atoms with Gasteiger partial charge in [-0.3, -0.25) is 4.72 Å². The van der Waals surface area contributed by atoms with Crippen molar-refractivity contribution in [3.8, 4) is 17.6 Å². The molecular weight excluding hydrogens is 304 g/mol. The Hall–Kier alpha value is -2.72. The Morgan fingerprint density at radius 1 is 1.05 bits per heavy atom. The molecule has 7 heteroatoms. The third-order valence-electron chi connectivity index (χ3n) is 2.94. The van der Waals surface area contributed by atoms with E-state index in [0.29, 0.717) is 17.1 Å². The number of methoxy groups -OCH3 is 2. The minimum absolute atomic E-state index is 0.0522. The van der Waals surface area contributed by atoms with Crippen LogP contribution in [-0.2, 0) is 10.0 Å². The van der Waals surface area contributed by atoms with E-state index in [9.17, 15) is 8.42 Å². The molecule has 2 rings (SSSR count). The van der Waals surface area contributed by atoms with Crippen LogP contribution in [0.2, 0.25) is 0 Å². The molecule has 0 atom stereocenters. The number of nitrogens with one attached hydrogen (secondary N) is 1. The molecule has 1 N–H and O–H groups in total. The highest BCUT2D eigenvalue weighted by molar-refractivity contribution is 7.92. The topological polar surface area (TPSA) is 88.4 Å². The third-order valence-corrected chi connectivity index (χ3v) is 4.33. The van der Waals surface area contributed by atoms with Gasteiger partial charge in [-0.25, -0.2) is 8.42 Å². The van der Waals surface area contributed by atoms with Crippen LogP contribution in [0.1, 0.15) is 5.56 Å². The molecule has 6 nitrogen and oxygen atoms in total. The first kappa shape index (κ1) is 15.7. The van der Waals surface area contributed by atoms with E-state index in [1.807, 2.05) is 6.07 Å². The molecule has 2 aromatic carbocycles. The zero-order valence-electron chi connectivity index (χ0n) is 12.0. The second-order valence-electron chi connectivity index (χ2n) is 4.31. The van der Waals surface area contributed by atoms with E-state index >= 15 is 0 Å². The van der Waals surface area contributed by atoms with Gasteiger partial charge in [0, 0.05) is 6.07 Å². The van der Waals surface area contributed by atoms with Crippen molar-refractivity contribution in [1.82, 2.24) is 0 Å². The molecule has 0 aliphatic rings. The Kier molecular flexibility index (Phi) is 4.53. The van der Waals surface area contributed by atoms with Gasteiger partial charge in [-0.2, -0.15) is 5.26 Å². The lowest BCUT2D eigenvalue weighted by Crippen LogP contribution is -2.13. The molecule has 0 unspecified atom stereocenters. The second-order valence-corrected chi connectivity index (χ2v) is 5.99. The number of anilines is 1. The normalized spacial score (nSPS) is 10.6. The average molecular weight is 318 g/mol. The van der Waals surface area contributed by atoms with Gasteiger partial charge in [0.15, 0.2) is 0 Å².